The number of allylic oxidation sites excluding steroid dienone is 2. The Morgan fingerprint density at radius 1 is 0.264 bits per heavy atom. The van der Waals surface area contributed by atoms with Crippen molar-refractivity contribution < 1.29 is 4.70 Å². The highest BCUT2D eigenvalue weighted by molar-refractivity contribution is 5.82. The van der Waals surface area contributed by atoms with Crippen molar-refractivity contribution in [2.24, 2.45) is 0 Å². The van der Waals surface area contributed by atoms with Gasteiger partial charge in [-0.2, -0.15) is 0 Å². The molecule has 0 fully saturated rings. The zero-order valence-electron chi connectivity index (χ0n) is 48.9. The minimum absolute atomic E-state index is 1.05. The van der Waals surface area contributed by atoms with Gasteiger partial charge in [-0.1, -0.05) is 322 Å². The normalized spacial score (nSPS) is 12.9. The first kappa shape index (κ1) is 63.8. The maximum Gasteiger partial charge on any atom is 0.211 e. The topological polar surface area (TPSA) is 25.3 Å². The van der Waals surface area contributed by atoms with Crippen LogP contribution in [-0.4, -0.2) is 4.70 Å². The Hall–Kier alpha value is -2.48. The largest absolute Gasteiger partial charge is 0.493 e. The lowest BCUT2D eigenvalue weighted by molar-refractivity contribution is -0.345. The van der Waals surface area contributed by atoms with Gasteiger partial charge in [0.2, 0.25) is 11.4 Å². The summed E-state index contributed by atoms with van der Waals surface area (Å²) in [5.41, 5.74) is 22.8. The SMILES string of the molecule is CCCCCCCCCCCCCCCCCCCCc1cccc(C2=C(CCCCCC)C(CCCCCCCC)=C(c3cccc(CCCCCCCCCCCCCCCCCCCC)c3)[N+]2=[N-])c1. The maximum absolute atomic E-state index is 12.5. The van der Waals surface area contributed by atoms with E-state index in [9.17, 15) is 5.53 Å². The first-order valence-electron chi connectivity index (χ1n) is 32.8. The van der Waals surface area contributed by atoms with Gasteiger partial charge in [-0.25, -0.2) is 4.70 Å². The standard InChI is InChI=1S/C70H120N2/c1-5-9-13-17-20-22-24-26-28-30-32-34-36-38-40-42-44-47-53-63-55-51-57-65(61-63)69-67(59-49-16-12-8-4)68(60-50-46-19-15-11-7-3)70(72(69)71)66-58-52-56-64(62-66)54-48-45-43-41-39-37-35-33-31-29-27-25-23-21-18-14-10-6-2/h51-52,55-58,61-62H,5-50,53-54,59-60H2,1-4H3. The van der Waals surface area contributed by atoms with Crippen LogP contribution in [0.5, 0.6) is 0 Å². The summed E-state index contributed by atoms with van der Waals surface area (Å²) in [6, 6.07) is 18.6. The molecule has 0 amide bonds. The van der Waals surface area contributed by atoms with Crippen molar-refractivity contribution in [2.45, 2.75) is 349 Å². The first-order valence-corrected chi connectivity index (χ1v) is 32.8. The van der Waals surface area contributed by atoms with Crippen molar-refractivity contribution in [3.8, 4) is 0 Å². The molecule has 0 N–H and O–H groups in total. The Kier molecular flexibility index (Phi) is 40.7. The molecule has 0 saturated carbocycles. The summed E-state index contributed by atoms with van der Waals surface area (Å²) < 4.78 is 1.66. The predicted octanol–water partition coefficient (Wildman–Crippen LogP) is 24.7. The lowest BCUT2D eigenvalue weighted by Gasteiger charge is -2.12. The first-order chi connectivity index (χ1) is 35.6. The van der Waals surface area contributed by atoms with Gasteiger partial charge in [0.1, 0.15) is 0 Å². The van der Waals surface area contributed by atoms with E-state index in [-0.39, 0.29) is 0 Å². The third-order valence-corrected chi connectivity index (χ3v) is 16.5. The number of aryl methyl sites for hydroxylation is 2. The van der Waals surface area contributed by atoms with Crippen LogP contribution in [0.2, 0.25) is 0 Å². The number of nitrogens with zero attached hydrogens (tertiary/aromatic N) is 2. The third-order valence-electron chi connectivity index (χ3n) is 16.5. The van der Waals surface area contributed by atoms with E-state index in [4.69, 9.17) is 0 Å². The van der Waals surface area contributed by atoms with Crippen molar-refractivity contribution in [3.63, 3.8) is 0 Å². The van der Waals surface area contributed by atoms with Gasteiger partial charge in [0.05, 0.1) is 0 Å². The van der Waals surface area contributed by atoms with Gasteiger partial charge in [-0.05, 0) is 86.8 Å². The highest BCUT2D eigenvalue weighted by Crippen LogP contribution is 2.45. The molecule has 0 saturated heterocycles. The summed E-state index contributed by atoms with van der Waals surface area (Å²) >= 11 is 0. The minimum Gasteiger partial charge on any atom is -0.493 e. The van der Waals surface area contributed by atoms with Crippen LogP contribution in [0.15, 0.2) is 59.7 Å². The monoisotopic (exact) mass is 989 g/mol. The molecule has 2 aromatic rings. The fourth-order valence-corrected chi connectivity index (χ4v) is 11.8. The van der Waals surface area contributed by atoms with E-state index in [0.29, 0.717) is 0 Å². The van der Waals surface area contributed by atoms with Crippen molar-refractivity contribution in [3.05, 3.63) is 87.5 Å². The van der Waals surface area contributed by atoms with Crippen molar-refractivity contribution in [2.75, 3.05) is 0 Å². The van der Waals surface area contributed by atoms with Crippen LogP contribution in [0.1, 0.15) is 358 Å². The van der Waals surface area contributed by atoms with Crippen molar-refractivity contribution >= 4 is 11.4 Å². The second-order valence-corrected chi connectivity index (χ2v) is 23.2. The van der Waals surface area contributed by atoms with Gasteiger partial charge in [0.15, 0.2) is 0 Å². The van der Waals surface area contributed by atoms with Gasteiger partial charge in [-0.3, -0.25) is 0 Å². The number of hydrogen-bond acceptors (Lipinski definition) is 0. The minimum atomic E-state index is 1.05. The van der Waals surface area contributed by atoms with Crippen LogP contribution < -0.4 is 0 Å². The van der Waals surface area contributed by atoms with Crippen LogP contribution in [0.4, 0.5) is 0 Å². The number of benzene rings is 2. The van der Waals surface area contributed by atoms with Gasteiger partial charge < -0.3 is 5.53 Å². The molecule has 2 aromatic carbocycles. The lowest BCUT2D eigenvalue weighted by Crippen LogP contribution is -2.03. The number of rotatable bonds is 52. The summed E-state index contributed by atoms with van der Waals surface area (Å²) in [5, 5.41) is 0. The molecular weight excluding hydrogens is 869 g/mol. The Balaban J connectivity index is 1.51. The summed E-state index contributed by atoms with van der Waals surface area (Å²) in [6.07, 6.45) is 68.0. The van der Waals surface area contributed by atoms with Gasteiger partial charge in [0.25, 0.3) is 0 Å². The lowest BCUT2D eigenvalue weighted by atomic mass is 9.90. The summed E-state index contributed by atoms with van der Waals surface area (Å²) in [7, 11) is 0. The number of hydrogen-bond donors (Lipinski definition) is 0. The molecule has 2 nitrogen and oxygen atoms in total. The Bertz CT molecular complexity index is 1640. The molecule has 2 heteroatoms. The molecule has 3 rings (SSSR count). The zero-order chi connectivity index (χ0) is 51.2. The number of unbranched alkanes of at least 4 members (excludes halogenated alkanes) is 42. The molecule has 410 valence electrons. The Morgan fingerprint density at radius 3 is 0.722 bits per heavy atom. The van der Waals surface area contributed by atoms with E-state index in [1.807, 2.05) is 0 Å². The fraction of sp³-hybridized carbons (Fsp3) is 0.771. The molecule has 0 bridgehead atoms. The second-order valence-electron chi connectivity index (χ2n) is 23.2. The molecule has 1 aliphatic heterocycles. The molecule has 72 heavy (non-hydrogen) atoms. The molecule has 0 radical (unpaired) electrons. The average Bonchev–Trinajstić information content (AvgIpc) is 3.67. The van der Waals surface area contributed by atoms with Gasteiger partial charge in [-0.15, -0.1) is 0 Å². The van der Waals surface area contributed by atoms with E-state index >= 15 is 0 Å². The Labute approximate surface area is 450 Å². The molecule has 0 aromatic heterocycles. The predicted molar refractivity (Wildman–Crippen MR) is 322 cm³/mol. The maximum atomic E-state index is 12.5. The van der Waals surface area contributed by atoms with E-state index in [0.717, 1.165) is 37.1 Å². The van der Waals surface area contributed by atoms with E-state index in [1.54, 1.807) is 4.70 Å². The smallest absolute Gasteiger partial charge is 0.211 e. The zero-order valence-corrected chi connectivity index (χ0v) is 48.9. The van der Waals surface area contributed by atoms with Crippen molar-refractivity contribution in [1.82, 2.24) is 0 Å². The van der Waals surface area contributed by atoms with Gasteiger partial charge in [0, 0.05) is 22.3 Å². The van der Waals surface area contributed by atoms with E-state index < -0.39 is 0 Å². The van der Waals surface area contributed by atoms with Crippen LogP contribution in [0.25, 0.3) is 16.9 Å². The van der Waals surface area contributed by atoms with Gasteiger partial charge >= 0.3 is 0 Å². The highest BCUT2D eigenvalue weighted by atomic mass is 15.2. The summed E-state index contributed by atoms with van der Waals surface area (Å²) in [6.45, 7) is 9.25. The average molecular weight is 990 g/mol. The fourth-order valence-electron chi connectivity index (χ4n) is 11.8. The molecule has 0 spiro atoms. The molecule has 1 heterocycles. The van der Waals surface area contributed by atoms with Crippen molar-refractivity contribution in [1.29, 1.82) is 0 Å². The van der Waals surface area contributed by atoms with Crippen LogP contribution >= 0.6 is 0 Å². The van der Waals surface area contributed by atoms with E-state index in [2.05, 4.69) is 76.2 Å². The molecule has 1 aliphatic rings. The highest BCUT2D eigenvalue weighted by Gasteiger charge is 2.35. The summed E-state index contributed by atoms with van der Waals surface area (Å²) in [4.78, 5) is 0. The molecular formula is C70H120N2. The van der Waals surface area contributed by atoms with Crippen LogP contribution in [0.3, 0.4) is 0 Å². The summed E-state index contributed by atoms with van der Waals surface area (Å²) in [5.74, 6) is 0. The Morgan fingerprint density at radius 2 is 0.472 bits per heavy atom. The van der Waals surface area contributed by atoms with Crippen LogP contribution in [0, 0.1) is 0 Å². The quantitative estimate of drug-likeness (QED) is 0.0466. The molecule has 0 unspecified atom stereocenters. The molecule has 0 atom stereocenters. The van der Waals surface area contributed by atoms with E-state index in [1.165, 1.54) is 329 Å². The van der Waals surface area contributed by atoms with Crippen LogP contribution in [-0.2, 0) is 12.8 Å². The molecule has 0 aliphatic carbocycles. The second kappa shape index (κ2) is 45.9. The third kappa shape index (κ3) is 30.2.